The maximum atomic E-state index is 12.8. The van der Waals surface area contributed by atoms with E-state index in [2.05, 4.69) is 5.32 Å². The van der Waals surface area contributed by atoms with E-state index in [-0.39, 0.29) is 43.0 Å². The highest BCUT2D eigenvalue weighted by molar-refractivity contribution is 7.18. The van der Waals surface area contributed by atoms with Crippen LogP contribution in [0.2, 0.25) is 4.34 Å². The second-order valence-electron chi connectivity index (χ2n) is 9.88. The number of amides is 2. The molecule has 1 unspecified atom stereocenters. The van der Waals surface area contributed by atoms with Crippen molar-refractivity contribution >= 4 is 40.6 Å². The third kappa shape index (κ3) is 8.10. The fraction of sp³-hybridized carbons (Fsp3) is 0.414. The van der Waals surface area contributed by atoms with Crippen LogP contribution >= 0.6 is 22.9 Å². The van der Waals surface area contributed by atoms with Crippen molar-refractivity contribution in [1.29, 1.82) is 0 Å². The van der Waals surface area contributed by atoms with Gasteiger partial charge in [0.05, 0.1) is 34.1 Å². The molecule has 1 saturated carbocycles. The number of ether oxygens (including phenoxy) is 2. The van der Waals surface area contributed by atoms with E-state index in [1.807, 2.05) is 13.0 Å². The molecule has 3 aromatic rings. The molecule has 2 fully saturated rings. The number of aliphatic hydroxyl groups is 1. The third-order valence-corrected chi connectivity index (χ3v) is 8.01. The van der Waals surface area contributed by atoms with Gasteiger partial charge >= 0.3 is 6.09 Å². The van der Waals surface area contributed by atoms with Gasteiger partial charge in [0.2, 0.25) is 0 Å². The Morgan fingerprint density at radius 2 is 1.98 bits per heavy atom. The van der Waals surface area contributed by atoms with E-state index in [4.69, 9.17) is 31.9 Å². The maximum Gasteiger partial charge on any atom is 0.414 e. The first-order valence-corrected chi connectivity index (χ1v) is 14.8. The van der Waals surface area contributed by atoms with E-state index in [0.717, 1.165) is 18.4 Å². The van der Waals surface area contributed by atoms with E-state index in [1.165, 1.54) is 40.1 Å². The van der Waals surface area contributed by atoms with Crippen molar-refractivity contribution in [3.8, 4) is 11.4 Å². The SMILES string of the molecule is Cc1cc(N2CC(CNC(=O)c3ccc(Cl)s3)OC2=O)ccc1-n1cccc(OCCN)c1=O.OC1CCCCC1. The van der Waals surface area contributed by atoms with Crippen LogP contribution in [-0.2, 0) is 4.74 Å². The molecule has 1 aliphatic carbocycles. The smallest absolute Gasteiger partial charge is 0.414 e. The van der Waals surface area contributed by atoms with Gasteiger partial charge in [-0.3, -0.25) is 19.1 Å². The number of halogens is 1. The maximum absolute atomic E-state index is 12.8. The summed E-state index contributed by atoms with van der Waals surface area (Å²) in [6.07, 6.45) is 6.59. The molecule has 3 heterocycles. The van der Waals surface area contributed by atoms with Crippen molar-refractivity contribution in [2.45, 2.75) is 51.2 Å². The Labute approximate surface area is 247 Å². The van der Waals surface area contributed by atoms with Crippen LogP contribution in [0.1, 0.15) is 47.3 Å². The molecule has 0 spiro atoms. The highest BCUT2D eigenvalue weighted by Gasteiger charge is 2.33. The average Bonchev–Trinajstić information content (AvgIpc) is 3.57. The molecular formula is C29H35ClN4O6S. The minimum absolute atomic E-state index is 0.0359. The number of carbonyl (C=O) groups is 2. The zero-order valence-electron chi connectivity index (χ0n) is 22.9. The molecule has 1 atom stereocenters. The molecule has 1 aromatic carbocycles. The van der Waals surface area contributed by atoms with Gasteiger partial charge in [-0.2, -0.15) is 0 Å². The summed E-state index contributed by atoms with van der Waals surface area (Å²) in [6, 6.07) is 11.9. The number of hydrogen-bond donors (Lipinski definition) is 3. The summed E-state index contributed by atoms with van der Waals surface area (Å²) in [6.45, 7) is 2.87. The summed E-state index contributed by atoms with van der Waals surface area (Å²) in [7, 11) is 0. The Balaban J connectivity index is 0.000000483. The molecule has 1 aliphatic heterocycles. The van der Waals surface area contributed by atoms with Crippen LogP contribution in [0.5, 0.6) is 5.75 Å². The first-order valence-electron chi connectivity index (χ1n) is 13.6. The van der Waals surface area contributed by atoms with Crippen molar-refractivity contribution in [3.05, 3.63) is 73.8 Å². The van der Waals surface area contributed by atoms with Gasteiger partial charge in [-0.15, -0.1) is 11.3 Å². The minimum Gasteiger partial charge on any atom is -0.487 e. The van der Waals surface area contributed by atoms with E-state index in [9.17, 15) is 14.4 Å². The van der Waals surface area contributed by atoms with E-state index < -0.39 is 12.2 Å². The summed E-state index contributed by atoms with van der Waals surface area (Å²) >= 11 is 7.05. The number of aliphatic hydroxyl groups excluding tert-OH is 1. The quantitative estimate of drug-likeness (QED) is 0.350. The molecule has 5 rings (SSSR count). The van der Waals surface area contributed by atoms with Gasteiger partial charge in [-0.1, -0.05) is 30.9 Å². The highest BCUT2D eigenvalue weighted by Crippen LogP contribution is 2.26. The first-order chi connectivity index (χ1) is 19.8. The number of hydrogen-bond acceptors (Lipinski definition) is 8. The van der Waals surface area contributed by atoms with Crippen molar-refractivity contribution in [1.82, 2.24) is 9.88 Å². The van der Waals surface area contributed by atoms with Crippen LogP contribution in [0.15, 0.2) is 53.5 Å². The number of anilines is 1. The fourth-order valence-corrected chi connectivity index (χ4v) is 5.63. The lowest BCUT2D eigenvalue weighted by atomic mass is 9.98. The van der Waals surface area contributed by atoms with Gasteiger partial charge in [-0.05, 0) is 67.8 Å². The Kier molecular flexibility index (Phi) is 10.8. The Bertz CT molecular complexity index is 1400. The number of nitrogens with one attached hydrogen (secondary N) is 1. The normalized spacial score (nSPS) is 17.0. The third-order valence-electron chi connectivity index (χ3n) is 6.78. The number of benzene rings is 1. The summed E-state index contributed by atoms with van der Waals surface area (Å²) in [5, 5.41) is 11.7. The van der Waals surface area contributed by atoms with Crippen molar-refractivity contribution in [3.63, 3.8) is 0 Å². The number of pyridine rings is 1. The summed E-state index contributed by atoms with van der Waals surface area (Å²) < 4.78 is 12.9. The molecule has 220 valence electrons. The predicted molar refractivity (Wildman–Crippen MR) is 160 cm³/mol. The number of nitrogens with zero attached hydrogens (tertiary/aromatic N) is 2. The molecule has 12 heteroatoms. The van der Waals surface area contributed by atoms with Crippen LogP contribution in [0, 0.1) is 6.92 Å². The molecule has 4 N–H and O–H groups in total. The molecule has 0 bridgehead atoms. The largest absolute Gasteiger partial charge is 0.487 e. The number of rotatable bonds is 8. The van der Waals surface area contributed by atoms with Crippen molar-refractivity contribution in [2.75, 3.05) is 31.1 Å². The van der Waals surface area contributed by atoms with Crippen LogP contribution in [0.25, 0.3) is 5.69 Å². The Hall–Kier alpha value is -3.38. The van der Waals surface area contributed by atoms with E-state index in [0.29, 0.717) is 27.1 Å². The highest BCUT2D eigenvalue weighted by atomic mass is 35.5. The number of aryl methyl sites for hydroxylation is 1. The van der Waals surface area contributed by atoms with E-state index >= 15 is 0 Å². The lowest BCUT2D eigenvalue weighted by Crippen LogP contribution is -2.34. The number of carbonyl (C=O) groups excluding carboxylic acids is 2. The van der Waals surface area contributed by atoms with Crippen LogP contribution < -0.4 is 26.2 Å². The van der Waals surface area contributed by atoms with Gasteiger partial charge in [0.25, 0.3) is 11.5 Å². The minimum atomic E-state index is -0.500. The fourth-order valence-electron chi connectivity index (χ4n) is 4.67. The molecule has 2 aliphatic rings. The zero-order valence-corrected chi connectivity index (χ0v) is 24.5. The summed E-state index contributed by atoms with van der Waals surface area (Å²) in [5.41, 5.74) is 7.25. The van der Waals surface area contributed by atoms with Gasteiger partial charge < -0.3 is 25.6 Å². The second kappa shape index (κ2) is 14.5. The van der Waals surface area contributed by atoms with Crippen molar-refractivity contribution in [2.24, 2.45) is 5.73 Å². The number of nitrogens with two attached hydrogens (primary N) is 1. The topological polar surface area (TPSA) is 136 Å². The molecule has 10 nitrogen and oxygen atoms in total. The summed E-state index contributed by atoms with van der Waals surface area (Å²) in [5.74, 6) is -0.0519. The number of thiophene rings is 1. The van der Waals surface area contributed by atoms with E-state index in [1.54, 1.807) is 42.6 Å². The molecule has 41 heavy (non-hydrogen) atoms. The molecule has 2 amide bonds. The van der Waals surface area contributed by atoms with Crippen molar-refractivity contribution < 1.29 is 24.2 Å². The standard InChI is InChI=1S/C23H23ClN4O5S.C6H12O/c1-14-11-15(4-5-17(14)27-9-2-3-18(22(27)30)32-10-8-25)28-13-16(33-23(28)31)12-26-21(29)19-6-7-20(24)34-19;7-6-4-2-1-3-5-6/h2-7,9,11,16H,8,10,12-13,25H2,1H3,(H,26,29);6-7H,1-5H2. The van der Waals surface area contributed by atoms with Crippen LogP contribution in [0.3, 0.4) is 0 Å². The Morgan fingerprint density at radius 3 is 2.61 bits per heavy atom. The van der Waals surface area contributed by atoms with Gasteiger partial charge in [0.1, 0.15) is 12.7 Å². The monoisotopic (exact) mass is 602 g/mol. The second-order valence-corrected chi connectivity index (χ2v) is 11.6. The van der Waals surface area contributed by atoms with Gasteiger partial charge in [0, 0.05) is 18.4 Å². The molecule has 2 aromatic heterocycles. The van der Waals surface area contributed by atoms with Gasteiger partial charge in [-0.25, -0.2) is 4.79 Å². The molecule has 1 saturated heterocycles. The number of cyclic esters (lactones) is 1. The molecular weight excluding hydrogens is 568 g/mol. The lowest BCUT2D eigenvalue weighted by Gasteiger charge is -2.17. The van der Waals surface area contributed by atoms with Crippen LogP contribution in [0.4, 0.5) is 10.5 Å². The van der Waals surface area contributed by atoms with Crippen LogP contribution in [-0.4, -0.2) is 60.1 Å². The average molecular weight is 603 g/mol. The predicted octanol–water partition coefficient (Wildman–Crippen LogP) is 4.26. The lowest BCUT2D eigenvalue weighted by molar-refractivity contribution is 0.0920. The summed E-state index contributed by atoms with van der Waals surface area (Å²) in [4.78, 5) is 39.4. The first kappa shape index (κ1) is 30.6. The Morgan fingerprint density at radius 1 is 1.20 bits per heavy atom. The zero-order chi connectivity index (χ0) is 29.4. The molecule has 0 radical (unpaired) electrons. The number of aromatic nitrogens is 1. The van der Waals surface area contributed by atoms with Gasteiger partial charge in [0.15, 0.2) is 5.75 Å².